The van der Waals surface area contributed by atoms with Crippen molar-refractivity contribution in [2.24, 2.45) is 0 Å². The smallest absolute Gasteiger partial charge is 0.229 e. The second-order valence-corrected chi connectivity index (χ2v) is 8.42. The van der Waals surface area contributed by atoms with Crippen LogP contribution < -0.4 is 9.46 Å². The van der Waals surface area contributed by atoms with Gasteiger partial charge in [-0.1, -0.05) is 30.3 Å². The van der Waals surface area contributed by atoms with Crippen LogP contribution in [-0.2, 0) is 10.0 Å². The van der Waals surface area contributed by atoms with Gasteiger partial charge in [0.15, 0.2) is 5.78 Å². The van der Waals surface area contributed by atoms with Gasteiger partial charge in [0, 0.05) is 17.3 Å². The standard InChI is InChI=1S/C22H18N2O4S/c1-29(26,27)24-20-8-3-2-7-18(20)15-9-10-19-21(13-15)28-14-16(22(19)25)12-17-6-4-5-11-23-17/h2-13,24H,14H2,1H3/b16-12+. The maximum atomic E-state index is 12.9. The molecule has 0 spiro atoms. The molecule has 0 bridgehead atoms. The molecule has 146 valence electrons. The van der Waals surface area contributed by atoms with E-state index in [-0.39, 0.29) is 12.4 Å². The van der Waals surface area contributed by atoms with E-state index in [0.29, 0.717) is 33.8 Å². The summed E-state index contributed by atoms with van der Waals surface area (Å²) in [6.45, 7) is 0.148. The molecule has 0 saturated heterocycles. The number of hydrogen-bond acceptors (Lipinski definition) is 5. The van der Waals surface area contributed by atoms with E-state index < -0.39 is 10.0 Å². The van der Waals surface area contributed by atoms with E-state index in [1.165, 1.54) is 0 Å². The molecule has 3 aromatic rings. The van der Waals surface area contributed by atoms with Crippen molar-refractivity contribution < 1.29 is 17.9 Å². The molecular formula is C22H18N2O4S. The summed E-state index contributed by atoms with van der Waals surface area (Å²) in [5.74, 6) is 0.367. The van der Waals surface area contributed by atoms with Crippen LogP contribution in [0.1, 0.15) is 16.1 Å². The Labute approximate surface area is 168 Å². The Morgan fingerprint density at radius 1 is 1.03 bits per heavy atom. The third-order valence-corrected chi connectivity index (χ3v) is 5.04. The zero-order valence-corrected chi connectivity index (χ0v) is 16.4. The molecule has 1 aliphatic rings. The lowest BCUT2D eigenvalue weighted by Crippen LogP contribution is -2.19. The zero-order valence-electron chi connectivity index (χ0n) is 15.6. The molecule has 1 N–H and O–H groups in total. The first-order valence-corrected chi connectivity index (χ1v) is 10.8. The van der Waals surface area contributed by atoms with E-state index in [4.69, 9.17) is 4.74 Å². The Balaban J connectivity index is 1.69. The Morgan fingerprint density at radius 3 is 2.59 bits per heavy atom. The average molecular weight is 406 g/mol. The summed E-state index contributed by atoms with van der Waals surface area (Å²) in [6.07, 6.45) is 4.50. The molecule has 4 rings (SSSR count). The largest absolute Gasteiger partial charge is 0.488 e. The van der Waals surface area contributed by atoms with Crippen molar-refractivity contribution in [3.8, 4) is 16.9 Å². The minimum Gasteiger partial charge on any atom is -0.488 e. The number of aromatic nitrogens is 1. The first-order chi connectivity index (χ1) is 13.9. The summed E-state index contributed by atoms with van der Waals surface area (Å²) in [7, 11) is -3.42. The van der Waals surface area contributed by atoms with E-state index in [1.807, 2.05) is 30.3 Å². The van der Waals surface area contributed by atoms with Gasteiger partial charge in [0.1, 0.15) is 12.4 Å². The van der Waals surface area contributed by atoms with Crippen molar-refractivity contribution in [2.45, 2.75) is 0 Å². The van der Waals surface area contributed by atoms with Gasteiger partial charge in [-0.2, -0.15) is 0 Å². The van der Waals surface area contributed by atoms with Gasteiger partial charge >= 0.3 is 0 Å². The normalized spacial score (nSPS) is 14.9. The number of para-hydroxylation sites is 1. The molecule has 29 heavy (non-hydrogen) atoms. The number of ketones is 1. The molecule has 0 fully saturated rings. The fourth-order valence-corrected chi connectivity index (χ4v) is 3.74. The molecule has 0 amide bonds. The quantitative estimate of drug-likeness (QED) is 0.667. The number of benzene rings is 2. The fourth-order valence-electron chi connectivity index (χ4n) is 3.16. The number of pyridine rings is 1. The first kappa shape index (κ1) is 18.9. The highest BCUT2D eigenvalue weighted by Gasteiger charge is 2.24. The van der Waals surface area contributed by atoms with Crippen molar-refractivity contribution in [1.82, 2.24) is 4.98 Å². The number of Topliss-reactive ketones (excluding diaryl/α,β-unsaturated/α-hetero) is 1. The van der Waals surface area contributed by atoms with Crippen LogP contribution in [0.5, 0.6) is 5.75 Å². The van der Waals surface area contributed by atoms with E-state index in [2.05, 4.69) is 9.71 Å². The zero-order chi connectivity index (χ0) is 20.4. The molecule has 7 heteroatoms. The van der Waals surface area contributed by atoms with Gasteiger partial charge in [-0.25, -0.2) is 8.42 Å². The summed E-state index contributed by atoms with van der Waals surface area (Å²) in [5.41, 5.74) is 3.61. The molecule has 0 radical (unpaired) electrons. The highest BCUT2D eigenvalue weighted by Crippen LogP contribution is 2.35. The summed E-state index contributed by atoms with van der Waals surface area (Å²) in [6, 6.07) is 17.8. The van der Waals surface area contributed by atoms with Crippen molar-refractivity contribution in [3.05, 3.63) is 83.7 Å². The highest BCUT2D eigenvalue weighted by molar-refractivity contribution is 7.92. The molecule has 2 heterocycles. The van der Waals surface area contributed by atoms with E-state index in [1.54, 1.807) is 42.6 Å². The molecule has 0 saturated carbocycles. The molecule has 0 unspecified atom stereocenters. The van der Waals surface area contributed by atoms with Crippen molar-refractivity contribution in [1.29, 1.82) is 0 Å². The minimum absolute atomic E-state index is 0.106. The van der Waals surface area contributed by atoms with Crippen molar-refractivity contribution in [2.75, 3.05) is 17.6 Å². The number of fused-ring (bicyclic) bond motifs is 1. The van der Waals surface area contributed by atoms with Crippen LogP contribution in [0, 0.1) is 0 Å². The summed E-state index contributed by atoms with van der Waals surface area (Å²) < 4.78 is 31.7. The molecule has 0 aliphatic carbocycles. The Hall–Kier alpha value is -3.45. The third kappa shape index (κ3) is 4.20. The Kier molecular flexibility index (Phi) is 4.90. The second-order valence-electron chi connectivity index (χ2n) is 6.67. The lowest BCUT2D eigenvalue weighted by Gasteiger charge is -2.20. The number of ether oxygens (including phenoxy) is 1. The number of nitrogens with one attached hydrogen (secondary N) is 1. The van der Waals surface area contributed by atoms with Gasteiger partial charge in [-0.3, -0.25) is 14.5 Å². The van der Waals surface area contributed by atoms with Gasteiger partial charge in [-0.15, -0.1) is 0 Å². The van der Waals surface area contributed by atoms with Gasteiger partial charge in [0.05, 0.1) is 23.2 Å². The number of rotatable bonds is 4. The maximum Gasteiger partial charge on any atom is 0.229 e. The predicted octanol–water partition coefficient (Wildman–Crippen LogP) is 3.78. The second kappa shape index (κ2) is 7.52. The third-order valence-electron chi connectivity index (χ3n) is 4.44. The van der Waals surface area contributed by atoms with Crippen molar-refractivity contribution in [3.63, 3.8) is 0 Å². The van der Waals surface area contributed by atoms with Crippen LogP contribution in [0.15, 0.2) is 72.4 Å². The van der Waals surface area contributed by atoms with Crippen LogP contribution in [0.3, 0.4) is 0 Å². The number of nitrogens with zero attached hydrogens (tertiary/aromatic N) is 1. The van der Waals surface area contributed by atoms with Gasteiger partial charge < -0.3 is 4.74 Å². The van der Waals surface area contributed by atoms with E-state index in [9.17, 15) is 13.2 Å². The molecule has 1 aliphatic heterocycles. The first-order valence-electron chi connectivity index (χ1n) is 8.91. The average Bonchev–Trinajstić information content (AvgIpc) is 2.70. The summed E-state index contributed by atoms with van der Waals surface area (Å²) >= 11 is 0. The highest BCUT2D eigenvalue weighted by atomic mass is 32.2. The summed E-state index contributed by atoms with van der Waals surface area (Å²) in [4.78, 5) is 17.1. The Morgan fingerprint density at radius 2 is 1.83 bits per heavy atom. The number of carbonyl (C=O) groups is 1. The van der Waals surface area contributed by atoms with Gasteiger partial charge in [-0.05, 0) is 42.0 Å². The van der Waals surface area contributed by atoms with Gasteiger partial charge in [0.25, 0.3) is 0 Å². The van der Waals surface area contributed by atoms with Crippen LogP contribution in [0.2, 0.25) is 0 Å². The summed E-state index contributed by atoms with van der Waals surface area (Å²) in [5, 5.41) is 0. The number of anilines is 1. The number of carbonyl (C=O) groups excluding carboxylic acids is 1. The van der Waals surface area contributed by atoms with Crippen LogP contribution in [-0.4, -0.2) is 32.0 Å². The van der Waals surface area contributed by atoms with Crippen LogP contribution in [0.4, 0.5) is 5.69 Å². The lowest BCUT2D eigenvalue weighted by atomic mass is 9.95. The minimum atomic E-state index is -3.42. The predicted molar refractivity (Wildman–Crippen MR) is 112 cm³/mol. The fraction of sp³-hybridized carbons (Fsp3) is 0.0909. The maximum absolute atomic E-state index is 12.9. The van der Waals surface area contributed by atoms with Crippen molar-refractivity contribution >= 4 is 27.6 Å². The number of hydrogen-bond donors (Lipinski definition) is 1. The van der Waals surface area contributed by atoms with E-state index >= 15 is 0 Å². The topological polar surface area (TPSA) is 85.4 Å². The molecule has 6 nitrogen and oxygen atoms in total. The van der Waals surface area contributed by atoms with E-state index in [0.717, 1.165) is 11.8 Å². The molecule has 2 aromatic carbocycles. The SMILES string of the molecule is CS(=O)(=O)Nc1ccccc1-c1ccc2c(c1)OC/C(=C\c1ccccn1)C2=O. The molecule has 1 aromatic heterocycles. The van der Waals surface area contributed by atoms with Crippen LogP contribution in [0.25, 0.3) is 17.2 Å². The van der Waals surface area contributed by atoms with Crippen LogP contribution >= 0.6 is 0 Å². The number of sulfonamides is 1. The lowest BCUT2D eigenvalue weighted by molar-refractivity contribution is 0.100. The monoisotopic (exact) mass is 406 g/mol. The Bertz CT molecular complexity index is 1220. The molecular weight excluding hydrogens is 388 g/mol. The van der Waals surface area contributed by atoms with Gasteiger partial charge in [0.2, 0.25) is 10.0 Å². The molecule has 0 atom stereocenters.